The molecule has 1 aliphatic heterocycles. The number of rotatable bonds is 4. The normalized spacial score (nSPS) is 14.2. The van der Waals surface area contributed by atoms with Crippen LogP contribution in [0.3, 0.4) is 0 Å². The third-order valence-corrected chi connectivity index (χ3v) is 4.16. The number of carbonyl (C=O) groups is 2. The largest absolute Gasteiger partial charge is 0.358 e. The van der Waals surface area contributed by atoms with Gasteiger partial charge in [-0.2, -0.15) is 0 Å². The van der Waals surface area contributed by atoms with Crippen LogP contribution in [0, 0.1) is 12.7 Å². The molecule has 1 aliphatic rings. The molecular weight excluding hydrogens is 321 g/mol. The van der Waals surface area contributed by atoms with Crippen LogP contribution >= 0.6 is 0 Å². The average molecular weight is 341 g/mol. The van der Waals surface area contributed by atoms with Crippen molar-refractivity contribution in [1.29, 1.82) is 0 Å². The minimum Gasteiger partial charge on any atom is -0.358 e. The van der Waals surface area contributed by atoms with E-state index in [0.29, 0.717) is 29.9 Å². The monoisotopic (exact) mass is 341 g/mol. The summed E-state index contributed by atoms with van der Waals surface area (Å²) < 4.78 is 14.4. The smallest absolute Gasteiger partial charge is 0.251 e. The summed E-state index contributed by atoms with van der Waals surface area (Å²) in [4.78, 5) is 25.3. The average Bonchev–Trinajstić information content (AvgIpc) is 2.60. The van der Waals surface area contributed by atoms with Gasteiger partial charge < -0.3 is 15.5 Å². The summed E-state index contributed by atoms with van der Waals surface area (Å²) in [6, 6.07) is 12.1. The van der Waals surface area contributed by atoms with Crippen LogP contribution in [-0.4, -0.2) is 31.4 Å². The molecule has 2 N–H and O–H groups in total. The van der Waals surface area contributed by atoms with Gasteiger partial charge in [0.05, 0.1) is 12.2 Å². The van der Waals surface area contributed by atoms with Crippen molar-refractivity contribution in [1.82, 2.24) is 10.6 Å². The fourth-order valence-electron chi connectivity index (χ4n) is 2.75. The highest BCUT2D eigenvalue weighted by molar-refractivity contribution is 5.94. The van der Waals surface area contributed by atoms with E-state index >= 15 is 0 Å². The van der Waals surface area contributed by atoms with Gasteiger partial charge in [-0.05, 0) is 36.8 Å². The van der Waals surface area contributed by atoms with Crippen LogP contribution in [-0.2, 0) is 11.3 Å². The number of nitrogens with one attached hydrogen (secondary N) is 2. The van der Waals surface area contributed by atoms with Gasteiger partial charge in [0.1, 0.15) is 5.82 Å². The molecule has 0 aliphatic carbocycles. The summed E-state index contributed by atoms with van der Waals surface area (Å²) in [6.45, 7) is 3.43. The van der Waals surface area contributed by atoms with Crippen LogP contribution in [0.1, 0.15) is 21.5 Å². The number of benzene rings is 2. The van der Waals surface area contributed by atoms with Gasteiger partial charge >= 0.3 is 0 Å². The van der Waals surface area contributed by atoms with E-state index in [4.69, 9.17) is 0 Å². The Labute approximate surface area is 145 Å². The molecule has 1 heterocycles. The third kappa shape index (κ3) is 4.15. The molecule has 0 bridgehead atoms. The molecule has 2 aromatic carbocycles. The SMILES string of the molecule is Cc1ccc(C(=O)NCc2ccc(N3CCNC(=O)C3)c(F)c2)cc1. The summed E-state index contributed by atoms with van der Waals surface area (Å²) >= 11 is 0. The van der Waals surface area contributed by atoms with E-state index in [2.05, 4.69) is 10.6 Å². The van der Waals surface area contributed by atoms with Crippen LogP contribution in [0.25, 0.3) is 0 Å². The molecule has 6 heteroatoms. The van der Waals surface area contributed by atoms with Crippen molar-refractivity contribution < 1.29 is 14.0 Å². The van der Waals surface area contributed by atoms with Gasteiger partial charge in [0, 0.05) is 25.2 Å². The van der Waals surface area contributed by atoms with E-state index < -0.39 is 5.82 Å². The van der Waals surface area contributed by atoms with Gasteiger partial charge in [-0.1, -0.05) is 23.8 Å². The van der Waals surface area contributed by atoms with Crippen molar-refractivity contribution in [2.45, 2.75) is 13.5 Å². The van der Waals surface area contributed by atoms with Crippen molar-refractivity contribution in [2.75, 3.05) is 24.5 Å². The molecule has 0 aromatic heterocycles. The minimum atomic E-state index is -0.392. The number of halogens is 1. The van der Waals surface area contributed by atoms with Crippen LogP contribution in [0.15, 0.2) is 42.5 Å². The Bertz CT molecular complexity index is 790. The highest BCUT2D eigenvalue weighted by Crippen LogP contribution is 2.21. The Hall–Kier alpha value is -2.89. The van der Waals surface area contributed by atoms with Crippen LogP contribution in [0.4, 0.5) is 10.1 Å². The van der Waals surface area contributed by atoms with Crippen molar-refractivity contribution >= 4 is 17.5 Å². The minimum absolute atomic E-state index is 0.111. The van der Waals surface area contributed by atoms with Gasteiger partial charge in [-0.25, -0.2) is 4.39 Å². The summed E-state index contributed by atoms with van der Waals surface area (Å²) in [5, 5.41) is 5.50. The highest BCUT2D eigenvalue weighted by Gasteiger charge is 2.19. The maximum atomic E-state index is 14.4. The lowest BCUT2D eigenvalue weighted by Crippen LogP contribution is -2.48. The fraction of sp³-hybridized carbons (Fsp3) is 0.263. The molecule has 0 saturated carbocycles. The van der Waals surface area contributed by atoms with Gasteiger partial charge in [0.15, 0.2) is 0 Å². The van der Waals surface area contributed by atoms with Crippen LogP contribution < -0.4 is 15.5 Å². The zero-order valence-electron chi connectivity index (χ0n) is 14.0. The second kappa shape index (κ2) is 7.34. The predicted molar refractivity (Wildman–Crippen MR) is 94.0 cm³/mol. The van der Waals surface area contributed by atoms with Crippen molar-refractivity contribution in [2.24, 2.45) is 0 Å². The Balaban J connectivity index is 1.63. The predicted octanol–water partition coefficient (Wildman–Crippen LogP) is 2.00. The molecular formula is C19H20FN3O2. The summed E-state index contributed by atoms with van der Waals surface area (Å²) in [6.07, 6.45) is 0. The second-order valence-electron chi connectivity index (χ2n) is 6.11. The molecule has 2 amide bonds. The number of amides is 2. The van der Waals surface area contributed by atoms with Crippen molar-refractivity contribution in [3.8, 4) is 0 Å². The third-order valence-electron chi connectivity index (χ3n) is 4.16. The number of hydrogen-bond donors (Lipinski definition) is 2. The first-order chi connectivity index (χ1) is 12.0. The molecule has 0 radical (unpaired) electrons. The second-order valence-corrected chi connectivity index (χ2v) is 6.11. The first-order valence-electron chi connectivity index (χ1n) is 8.18. The van der Waals surface area contributed by atoms with Crippen LogP contribution in [0.2, 0.25) is 0 Å². The Kier molecular flexibility index (Phi) is 4.97. The molecule has 130 valence electrons. The lowest BCUT2D eigenvalue weighted by Gasteiger charge is -2.29. The number of hydrogen-bond acceptors (Lipinski definition) is 3. The van der Waals surface area contributed by atoms with E-state index in [1.165, 1.54) is 6.07 Å². The standard InChI is InChI=1S/C19H20FN3O2/c1-13-2-5-15(6-3-13)19(25)22-11-14-4-7-17(16(20)10-14)23-9-8-21-18(24)12-23/h2-7,10H,8-9,11-12H2,1H3,(H,21,24)(H,22,25). The molecule has 0 spiro atoms. The van der Waals surface area contributed by atoms with Gasteiger partial charge in [0.25, 0.3) is 5.91 Å². The zero-order chi connectivity index (χ0) is 17.8. The van der Waals surface area contributed by atoms with Gasteiger partial charge in [-0.3, -0.25) is 9.59 Å². The van der Waals surface area contributed by atoms with Crippen molar-refractivity contribution in [3.63, 3.8) is 0 Å². The first-order valence-corrected chi connectivity index (χ1v) is 8.18. The molecule has 1 saturated heterocycles. The fourth-order valence-corrected chi connectivity index (χ4v) is 2.75. The summed E-state index contributed by atoms with van der Waals surface area (Å²) in [7, 11) is 0. The Morgan fingerprint density at radius 2 is 2.00 bits per heavy atom. The molecule has 5 nitrogen and oxygen atoms in total. The van der Waals surface area contributed by atoms with E-state index in [-0.39, 0.29) is 24.9 Å². The number of nitrogens with zero attached hydrogens (tertiary/aromatic N) is 1. The molecule has 25 heavy (non-hydrogen) atoms. The zero-order valence-corrected chi connectivity index (χ0v) is 14.0. The molecule has 0 unspecified atom stereocenters. The van der Waals surface area contributed by atoms with E-state index in [9.17, 15) is 14.0 Å². The molecule has 1 fully saturated rings. The number of aryl methyl sites for hydroxylation is 1. The molecule has 2 aromatic rings. The lowest BCUT2D eigenvalue weighted by molar-refractivity contribution is -0.120. The quantitative estimate of drug-likeness (QED) is 0.894. The Morgan fingerprint density at radius 3 is 2.68 bits per heavy atom. The highest BCUT2D eigenvalue weighted by atomic mass is 19.1. The van der Waals surface area contributed by atoms with E-state index in [1.807, 2.05) is 19.1 Å². The topological polar surface area (TPSA) is 61.4 Å². The van der Waals surface area contributed by atoms with E-state index in [0.717, 1.165) is 5.56 Å². The first kappa shape index (κ1) is 17.0. The summed E-state index contributed by atoms with van der Waals surface area (Å²) in [5.74, 6) is -0.700. The van der Waals surface area contributed by atoms with Crippen molar-refractivity contribution in [3.05, 3.63) is 65.0 Å². The Morgan fingerprint density at radius 1 is 1.24 bits per heavy atom. The van der Waals surface area contributed by atoms with Crippen LogP contribution in [0.5, 0.6) is 0 Å². The molecule has 0 atom stereocenters. The number of piperazine rings is 1. The van der Waals surface area contributed by atoms with Gasteiger partial charge in [-0.15, -0.1) is 0 Å². The molecule has 3 rings (SSSR count). The van der Waals surface area contributed by atoms with E-state index in [1.54, 1.807) is 29.2 Å². The number of anilines is 1. The maximum absolute atomic E-state index is 14.4. The lowest BCUT2D eigenvalue weighted by atomic mass is 10.1. The maximum Gasteiger partial charge on any atom is 0.251 e. The van der Waals surface area contributed by atoms with Gasteiger partial charge in [0.2, 0.25) is 5.91 Å². The summed E-state index contributed by atoms with van der Waals surface area (Å²) in [5.41, 5.74) is 2.73. The number of carbonyl (C=O) groups excluding carboxylic acids is 2.